The van der Waals surface area contributed by atoms with Crippen LogP contribution in [0, 0.1) is 13.8 Å². The van der Waals surface area contributed by atoms with Crippen LogP contribution >= 0.6 is 22.9 Å². The summed E-state index contributed by atoms with van der Waals surface area (Å²) in [6.07, 6.45) is 0. The van der Waals surface area contributed by atoms with E-state index in [2.05, 4.69) is 4.98 Å². The molecular weight excluding hydrogens is 464 g/mol. The average Bonchev–Trinajstić information content (AvgIpc) is 3.28. The van der Waals surface area contributed by atoms with Crippen molar-refractivity contribution in [2.75, 3.05) is 19.1 Å². The van der Waals surface area contributed by atoms with Gasteiger partial charge < -0.3 is 14.6 Å². The van der Waals surface area contributed by atoms with Crippen LogP contribution < -0.4 is 14.4 Å². The van der Waals surface area contributed by atoms with Crippen molar-refractivity contribution >= 4 is 45.5 Å². The Morgan fingerprint density at radius 2 is 1.79 bits per heavy atom. The maximum atomic E-state index is 13.3. The van der Waals surface area contributed by atoms with E-state index in [-0.39, 0.29) is 11.3 Å². The second-order valence-electron chi connectivity index (χ2n) is 7.40. The Hall–Kier alpha value is -3.36. The van der Waals surface area contributed by atoms with Crippen LogP contribution in [0.2, 0.25) is 5.02 Å². The third-order valence-corrected chi connectivity index (χ3v) is 6.84. The number of aliphatic hydroxyl groups is 1. The van der Waals surface area contributed by atoms with E-state index in [1.165, 1.54) is 30.5 Å². The van der Waals surface area contributed by atoms with Crippen molar-refractivity contribution in [2.45, 2.75) is 19.9 Å². The molecule has 2 aromatic carbocycles. The predicted molar refractivity (Wildman–Crippen MR) is 127 cm³/mol. The molecule has 1 aliphatic heterocycles. The maximum absolute atomic E-state index is 13.3. The molecule has 1 unspecified atom stereocenters. The first-order chi connectivity index (χ1) is 15.8. The Morgan fingerprint density at radius 3 is 2.36 bits per heavy atom. The molecule has 4 rings (SSSR count). The van der Waals surface area contributed by atoms with Gasteiger partial charge in [0.1, 0.15) is 11.8 Å². The van der Waals surface area contributed by atoms with Gasteiger partial charge in [-0.1, -0.05) is 23.7 Å². The fraction of sp³-hybridized carbons (Fsp3) is 0.208. The van der Waals surface area contributed by atoms with Crippen LogP contribution in [0.15, 0.2) is 48.0 Å². The zero-order chi connectivity index (χ0) is 23.9. The molecule has 0 aliphatic carbocycles. The first-order valence-electron chi connectivity index (χ1n) is 10.00. The number of aromatic nitrogens is 1. The zero-order valence-corrected chi connectivity index (χ0v) is 20.0. The summed E-state index contributed by atoms with van der Waals surface area (Å²) in [5, 5.41) is 12.0. The number of anilines is 1. The van der Waals surface area contributed by atoms with Gasteiger partial charge in [-0.15, -0.1) is 11.3 Å². The lowest BCUT2D eigenvalue weighted by Crippen LogP contribution is -2.29. The number of para-hydroxylation sites is 1. The Kier molecular flexibility index (Phi) is 6.14. The van der Waals surface area contributed by atoms with Gasteiger partial charge in [-0.05, 0) is 44.2 Å². The molecule has 2 heterocycles. The Balaban J connectivity index is 2.02. The summed E-state index contributed by atoms with van der Waals surface area (Å²) in [4.78, 5) is 33.3. The highest BCUT2D eigenvalue weighted by atomic mass is 35.5. The van der Waals surface area contributed by atoms with E-state index in [1.807, 2.05) is 13.8 Å². The second kappa shape index (κ2) is 8.88. The van der Waals surface area contributed by atoms with Crippen molar-refractivity contribution in [3.63, 3.8) is 0 Å². The molecule has 33 heavy (non-hydrogen) atoms. The second-order valence-corrected chi connectivity index (χ2v) is 9.01. The van der Waals surface area contributed by atoms with E-state index in [4.69, 9.17) is 21.1 Å². The summed E-state index contributed by atoms with van der Waals surface area (Å²) >= 11 is 7.28. The van der Waals surface area contributed by atoms with E-state index in [0.29, 0.717) is 32.8 Å². The van der Waals surface area contributed by atoms with Gasteiger partial charge in [-0.2, -0.15) is 0 Å². The molecule has 9 heteroatoms. The number of thiazole rings is 1. The molecule has 1 aliphatic rings. The molecule has 1 N–H and O–H groups in total. The summed E-state index contributed by atoms with van der Waals surface area (Å²) in [5.74, 6) is -1.13. The third-order valence-electron chi connectivity index (χ3n) is 5.51. The van der Waals surface area contributed by atoms with Gasteiger partial charge in [0.05, 0.1) is 25.5 Å². The lowest BCUT2D eigenvalue weighted by atomic mass is 9.94. The lowest BCUT2D eigenvalue weighted by molar-refractivity contribution is -0.132. The number of hydrogen-bond donors (Lipinski definition) is 1. The number of benzene rings is 2. The monoisotopic (exact) mass is 484 g/mol. The molecule has 170 valence electrons. The number of carbonyl (C=O) groups is 2. The summed E-state index contributed by atoms with van der Waals surface area (Å²) in [6, 6.07) is 10.6. The van der Waals surface area contributed by atoms with Crippen molar-refractivity contribution < 1.29 is 24.2 Å². The van der Waals surface area contributed by atoms with Gasteiger partial charge in [0.15, 0.2) is 16.6 Å². The number of ketones is 1. The molecule has 1 saturated heterocycles. The van der Waals surface area contributed by atoms with Gasteiger partial charge in [-0.3, -0.25) is 14.5 Å². The summed E-state index contributed by atoms with van der Waals surface area (Å²) in [5.41, 5.74) is 1.53. The Bertz CT molecular complexity index is 1260. The standard InChI is InChI=1S/C24H21ClN2O5S/c1-12-13(2)33-24(26-12)27-19(16-6-5-7-17(31-3)22(16)32-4)18(21(29)23(27)30)20(28)14-8-10-15(25)11-9-14/h5-11,19,28H,1-4H3/b20-18+. The smallest absolute Gasteiger partial charge is 0.301 e. The number of nitrogens with zero attached hydrogens (tertiary/aromatic N) is 2. The van der Waals surface area contributed by atoms with Gasteiger partial charge in [-0.25, -0.2) is 4.98 Å². The quantitative estimate of drug-likeness (QED) is 0.309. The molecule has 0 bridgehead atoms. The van der Waals surface area contributed by atoms with Crippen LogP contribution in [0.4, 0.5) is 5.13 Å². The van der Waals surface area contributed by atoms with Gasteiger partial charge in [0.25, 0.3) is 5.78 Å². The van der Waals surface area contributed by atoms with E-state index in [0.717, 1.165) is 10.6 Å². The average molecular weight is 485 g/mol. The van der Waals surface area contributed by atoms with E-state index < -0.39 is 17.7 Å². The third kappa shape index (κ3) is 3.85. The molecule has 1 atom stereocenters. The molecule has 1 aromatic heterocycles. The van der Waals surface area contributed by atoms with E-state index >= 15 is 0 Å². The maximum Gasteiger partial charge on any atom is 0.301 e. The van der Waals surface area contributed by atoms with Gasteiger partial charge >= 0.3 is 5.91 Å². The Morgan fingerprint density at radius 1 is 1.09 bits per heavy atom. The number of Topliss-reactive ketones (excluding diaryl/α,β-unsaturated/α-hetero) is 1. The molecule has 1 amide bonds. The van der Waals surface area contributed by atoms with Crippen LogP contribution in [-0.4, -0.2) is 36.0 Å². The topological polar surface area (TPSA) is 89.0 Å². The normalized spacial score (nSPS) is 17.5. The highest BCUT2D eigenvalue weighted by Crippen LogP contribution is 2.48. The van der Waals surface area contributed by atoms with Crippen molar-refractivity contribution in [1.82, 2.24) is 4.98 Å². The molecule has 0 radical (unpaired) electrons. The highest BCUT2D eigenvalue weighted by Gasteiger charge is 2.49. The van der Waals surface area contributed by atoms with Crippen LogP contribution in [0.1, 0.15) is 27.7 Å². The minimum atomic E-state index is -0.976. The number of amides is 1. The van der Waals surface area contributed by atoms with E-state index in [1.54, 1.807) is 42.5 Å². The van der Waals surface area contributed by atoms with Crippen LogP contribution in [-0.2, 0) is 9.59 Å². The molecule has 7 nitrogen and oxygen atoms in total. The number of hydrogen-bond acceptors (Lipinski definition) is 7. The largest absolute Gasteiger partial charge is 0.507 e. The Labute approximate surface area is 199 Å². The molecule has 0 saturated carbocycles. The van der Waals surface area contributed by atoms with Crippen molar-refractivity contribution in [2.24, 2.45) is 0 Å². The van der Waals surface area contributed by atoms with Gasteiger partial charge in [0, 0.05) is 21.0 Å². The first-order valence-corrected chi connectivity index (χ1v) is 11.2. The predicted octanol–water partition coefficient (Wildman–Crippen LogP) is 5.06. The van der Waals surface area contributed by atoms with Crippen LogP contribution in [0.3, 0.4) is 0 Å². The molecule has 1 fully saturated rings. The summed E-state index contributed by atoms with van der Waals surface area (Å²) < 4.78 is 11.0. The lowest BCUT2D eigenvalue weighted by Gasteiger charge is -2.25. The molecular formula is C24H21ClN2O5S. The van der Waals surface area contributed by atoms with Crippen molar-refractivity contribution in [3.8, 4) is 11.5 Å². The summed E-state index contributed by atoms with van der Waals surface area (Å²) in [7, 11) is 2.98. The summed E-state index contributed by atoms with van der Waals surface area (Å²) in [6.45, 7) is 3.72. The number of carbonyl (C=O) groups excluding carboxylic acids is 2. The number of methoxy groups -OCH3 is 2. The zero-order valence-electron chi connectivity index (χ0n) is 18.4. The first kappa shape index (κ1) is 22.8. The minimum absolute atomic E-state index is 0.0700. The van der Waals surface area contributed by atoms with Crippen LogP contribution in [0.25, 0.3) is 5.76 Å². The molecule has 3 aromatic rings. The SMILES string of the molecule is COc1cccc(C2/C(=C(\O)c3ccc(Cl)cc3)C(=O)C(=O)N2c2nc(C)c(C)s2)c1OC. The minimum Gasteiger partial charge on any atom is -0.507 e. The van der Waals surface area contributed by atoms with Crippen molar-refractivity contribution in [3.05, 3.63) is 74.8 Å². The van der Waals surface area contributed by atoms with Crippen molar-refractivity contribution in [1.29, 1.82) is 0 Å². The fourth-order valence-corrected chi connectivity index (χ4v) is 4.84. The number of halogens is 1. The number of ether oxygens (including phenoxy) is 2. The van der Waals surface area contributed by atoms with Gasteiger partial charge in [0.2, 0.25) is 0 Å². The number of aryl methyl sites for hydroxylation is 2. The number of rotatable bonds is 5. The van der Waals surface area contributed by atoms with Crippen LogP contribution in [0.5, 0.6) is 11.5 Å². The highest BCUT2D eigenvalue weighted by molar-refractivity contribution is 7.16. The fourth-order valence-electron chi connectivity index (χ4n) is 3.77. The molecule has 0 spiro atoms. The van der Waals surface area contributed by atoms with E-state index in [9.17, 15) is 14.7 Å². The number of aliphatic hydroxyl groups excluding tert-OH is 1.